The molecule has 0 aromatic carbocycles. The summed E-state index contributed by atoms with van der Waals surface area (Å²) in [6, 6.07) is 0. The first-order valence-electron chi connectivity index (χ1n) is 6.89. The Morgan fingerprint density at radius 1 is 1.55 bits per heavy atom. The molecule has 20 heavy (non-hydrogen) atoms. The predicted octanol–water partition coefficient (Wildman–Crippen LogP) is -0.507. The van der Waals surface area contributed by atoms with Gasteiger partial charge in [-0.2, -0.15) is 0 Å². The van der Waals surface area contributed by atoms with Crippen LogP contribution in [0.2, 0.25) is 0 Å². The van der Waals surface area contributed by atoms with Crippen molar-refractivity contribution in [2.75, 3.05) is 13.1 Å². The van der Waals surface area contributed by atoms with E-state index >= 15 is 0 Å². The Kier molecular flexibility index (Phi) is 4.74. The van der Waals surface area contributed by atoms with Gasteiger partial charge in [-0.15, -0.1) is 0 Å². The number of aryl methyl sites for hydroxylation is 1. The highest BCUT2D eigenvalue weighted by Crippen LogP contribution is 2.27. The molecule has 112 valence electrons. The van der Waals surface area contributed by atoms with Crippen LogP contribution in [0.1, 0.15) is 31.6 Å². The number of nitrogens with one attached hydrogen (secondary N) is 2. The Labute approximate surface area is 116 Å². The molecule has 0 radical (unpaired) electrons. The number of nitrogens with zero attached hydrogens (tertiary/aromatic N) is 1. The second-order valence-corrected chi connectivity index (χ2v) is 5.12. The van der Waals surface area contributed by atoms with Crippen LogP contribution in [-0.4, -0.2) is 40.0 Å². The molecular weight excluding hydrogens is 262 g/mol. The van der Waals surface area contributed by atoms with Gasteiger partial charge in [-0.3, -0.25) is 14.3 Å². The van der Waals surface area contributed by atoms with E-state index in [9.17, 15) is 14.7 Å². The molecule has 1 aromatic rings. The molecule has 0 saturated carbocycles. The van der Waals surface area contributed by atoms with Crippen LogP contribution >= 0.6 is 0 Å². The Morgan fingerprint density at radius 2 is 2.30 bits per heavy atom. The second kappa shape index (κ2) is 6.34. The number of hydrogen-bond acceptors (Lipinski definition) is 5. The number of H-pyrrole nitrogens is 1. The Bertz CT molecular complexity index is 565. The van der Waals surface area contributed by atoms with Gasteiger partial charge in [0, 0.05) is 24.7 Å². The third kappa shape index (κ3) is 3.17. The molecule has 0 spiro atoms. The average Bonchev–Trinajstić information content (AvgIpc) is 2.76. The monoisotopic (exact) mass is 283 g/mol. The summed E-state index contributed by atoms with van der Waals surface area (Å²) in [7, 11) is 0. The molecule has 1 aliphatic rings. The van der Waals surface area contributed by atoms with E-state index < -0.39 is 23.6 Å². The van der Waals surface area contributed by atoms with Gasteiger partial charge in [0.05, 0.1) is 12.2 Å². The summed E-state index contributed by atoms with van der Waals surface area (Å²) >= 11 is 0. The molecule has 3 atom stereocenters. The number of aliphatic hydroxyl groups is 1. The van der Waals surface area contributed by atoms with Crippen LogP contribution in [-0.2, 0) is 4.74 Å². The van der Waals surface area contributed by atoms with Crippen LogP contribution in [0.4, 0.5) is 0 Å². The number of hydrogen-bond donors (Lipinski definition) is 3. The van der Waals surface area contributed by atoms with Crippen molar-refractivity contribution >= 4 is 0 Å². The summed E-state index contributed by atoms with van der Waals surface area (Å²) < 4.78 is 7.04. The largest absolute Gasteiger partial charge is 0.390 e. The van der Waals surface area contributed by atoms with Crippen molar-refractivity contribution in [1.29, 1.82) is 0 Å². The van der Waals surface area contributed by atoms with E-state index in [1.165, 1.54) is 10.8 Å². The maximum absolute atomic E-state index is 11.8. The first-order chi connectivity index (χ1) is 9.52. The van der Waals surface area contributed by atoms with Crippen molar-refractivity contribution in [2.24, 2.45) is 0 Å². The van der Waals surface area contributed by atoms with Gasteiger partial charge in [0.25, 0.3) is 5.56 Å². The minimum atomic E-state index is -0.622. The van der Waals surface area contributed by atoms with Gasteiger partial charge >= 0.3 is 5.69 Å². The molecule has 7 nitrogen and oxygen atoms in total. The minimum Gasteiger partial charge on any atom is -0.390 e. The van der Waals surface area contributed by atoms with Crippen LogP contribution in [0.25, 0.3) is 0 Å². The second-order valence-electron chi connectivity index (χ2n) is 5.12. The molecule has 2 heterocycles. The zero-order valence-corrected chi connectivity index (χ0v) is 11.8. The molecule has 2 rings (SSSR count). The Balaban J connectivity index is 2.10. The van der Waals surface area contributed by atoms with Crippen molar-refractivity contribution < 1.29 is 9.84 Å². The van der Waals surface area contributed by atoms with Crippen LogP contribution in [0.15, 0.2) is 15.8 Å². The normalized spacial score (nSPS) is 26.1. The number of aromatic nitrogens is 2. The average molecular weight is 283 g/mol. The third-order valence-electron chi connectivity index (χ3n) is 3.43. The lowest BCUT2D eigenvalue weighted by Crippen LogP contribution is -2.35. The van der Waals surface area contributed by atoms with E-state index in [4.69, 9.17) is 4.74 Å². The quantitative estimate of drug-likeness (QED) is 0.633. The Hall–Kier alpha value is -1.44. The van der Waals surface area contributed by atoms with Gasteiger partial charge in [0.2, 0.25) is 0 Å². The number of aliphatic hydroxyl groups excluding tert-OH is 1. The fourth-order valence-electron chi connectivity index (χ4n) is 2.29. The number of ether oxygens (including phenoxy) is 1. The van der Waals surface area contributed by atoms with E-state index in [2.05, 4.69) is 17.2 Å². The summed E-state index contributed by atoms with van der Waals surface area (Å²) in [6.07, 6.45) is 1.31. The molecule has 0 bridgehead atoms. The maximum atomic E-state index is 11.8. The topological polar surface area (TPSA) is 96.4 Å². The van der Waals surface area contributed by atoms with E-state index in [1.54, 1.807) is 6.92 Å². The van der Waals surface area contributed by atoms with E-state index in [-0.39, 0.29) is 6.10 Å². The number of rotatable bonds is 5. The fraction of sp³-hybridized carbons (Fsp3) is 0.692. The van der Waals surface area contributed by atoms with Gasteiger partial charge in [0.1, 0.15) is 6.23 Å². The predicted molar refractivity (Wildman–Crippen MR) is 73.8 cm³/mol. The molecule has 0 amide bonds. The fourth-order valence-corrected chi connectivity index (χ4v) is 2.29. The van der Waals surface area contributed by atoms with Crippen molar-refractivity contribution in [2.45, 2.75) is 45.1 Å². The lowest BCUT2D eigenvalue weighted by atomic mass is 10.2. The minimum absolute atomic E-state index is 0.337. The van der Waals surface area contributed by atoms with E-state index in [0.29, 0.717) is 18.5 Å². The molecule has 1 fully saturated rings. The molecular formula is C13H21N3O4. The van der Waals surface area contributed by atoms with Crippen LogP contribution in [0.3, 0.4) is 0 Å². The molecule has 3 N–H and O–H groups in total. The molecule has 1 aromatic heterocycles. The lowest BCUT2D eigenvalue weighted by Gasteiger charge is -2.16. The summed E-state index contributed by atoms with van der Waals surface area (Å²) in [4.78, 5) is 25.4. The van der Waals surface area contributed by atoms with Gasteiger partial charge < -0.3 is 15.2 Å². The molecule has 0 aliphatic carbocycles. The van der Waals surface area contributed by atoms with E-state index in [0.717, 1.165) is 13.0 Å². The highest BCUT2D eigenvalue weighted by molar-refractivity contribution is 5.02. The van der Waals surface area contributed by atoms with Gasteiger partial charge in [-0.1, -0.05) is 6.92 Å². The maximum Gasteiger partial charge on any atom is 0.330 e. The molecule has 1 aliphatic heterocycles. The van der Waals surface area contributed by atoms with Crippen molar-refractivity contribution in [3.8, 4) is 0 Å². The van der Waals surface area contributed by atoms with E-state index in [1.807, 2.05) is 0 Å². The first kappa shape index (κ1) is 15.0. The zero-order chi connectivity index (χ0) is 14.7. The van der Waals surface area contributed by atoms with Crippen molar-refractivity contribution in [3.05, 3.63) is 32.6 Å². The van der Waals surface area contributed by atoms with Crippen LogP contribution < -0.4 is 16.6 Å². The third-order valence-corrected chi connectivity index (χ3v) is 3.43. The van der Waals surface area contributed by atoms with Crippen molar-refractivity contribution in [1.82, 2.24) is 14.9 Å². The smallest absolute Gasteiger partial charge is 0.330 e. The number of aromatic amines is 1. The summed E-state index contributed by atoms with van der Waals surface area (Å²) in [5, 5.41) is 13.2. The lowest BCUT2D eigenvalue weighted by molar-refractivity contribution is -0.0192. The Morgan fingerprint density at radius 3 is 3.00 bits per heavy atom. The highest BCUT2D eigenvalue weighted by Gasteiger charge is 2.35. The zero-order valence-electron chi connectivity index (χ0n) is 11.8. The van der Waals surface area contributed by atoms with Crippen LogP contribution in [0.5, 0.6) is 0 Å². The standard InChI is InChI=1S/C13H21N3O4/c1-3-4-14-6-10-9(17)5-11(20-10)16-7-8(2)12(18)15-13(16)19/h7,9-11,14,17H,3-6H2,1-2H3,(H,15,18,19)/t9-,10+,11+/m0/s1. The molecule has 1 saturated heterocycles. The summed E-state index contributed by atoms with van der Waals surface area (Å²) in [6.45, 7) is 5.09. The van der Waals surface area contributed by atoms with Gasteiger partial charge in [-0.05, 0) is 19.9 Å². The van der Waals surface area contributed by atoms with Gasteiger partial charge in [-0.25, -0.2) is 4.79 Å². The SMILES string of the molecule is CCCNC[C@H]1O[C@@H](n2cc(C)c(=O)[nH]c2=O)C[C@@H]1O. The molecule has 7 heteroatoms. The van der Waals surface area contributed by atoms with Crippen LogP contribution in [0, 0.1) is 6.92 Å². The highest BCUT2D eigenvalue weighted by atomic mass is 16.5. The van der Waals surface area contributed by atoms with Gasteiger partial charge in [0.15, 0.2) is 0 Å². The summed E-state index contributed by atoms with van der Waals surface area (Å²) in [5.41, 5.74) is -0.471. The molecule has 0 unspecified atom stereocenters. The summed E-state index contributed by atoms with van der Waals surface area (Å²) in [5.74, 6) is 0. The van der Waals surface area contributed by atoms with Crippen molar-refractivity contribution in [3.63, 3.8) is 0 Å². The first-order valence-corrected chi connectivity index (χ1v) is 6.89.